The third kappa shape index (κ3) is 4.66. The quantitative estimate of drug-likeness (QED) is 0.245. The van der Waals surface area contributed by atoms with Crippen LogP contribution in [0, 0.1) is 5.82 Å². The Morgan fingerprint density at radius 1 is 1.10 bits per heavy atom. The number of aryl methyl sites for hydroxylation is 1. The lowest BCUT2D eigenvalue weighted by Crippen LogP contribution is -2.33. The van der Waals surface area contributed by atoms with Gasteiger partial charge in [-0.05, 0) is 60.4 Å². The van der Waals surface area contributed by atoms with Gasteiger partial charge in [0, 0.05) is 16.8 Å². The molecule has 5 aromatic rings. The Labute approximate surface area is 238 Å². The van der Waals surface area contributed by atoms with Gasteiger partial charge in [-0.15, -0.1) is 0 Å². The summed E-state index contributed by atoms with van der Waals surface area (Å²) in [5.74, 6) is -0.891. The number of aromatic nitrogens is 4. The summed E-state index contributed by atoms with van der Waals surface area (Å²) in [5.41, 5.74) is 9.18. The summed E-state index contributed by atoms with van der Waals surface area (Å²) in [7, 11) is 0. The van der Waals surface area contributed by atoms with Gasteiger partial charge >= 0.3 is 5.97 Å². The fourth-order valence-corrected chi connectivity index (χ4v) is 5.45. The van der Waals surface area contributed by atoms with Gasteiger partial charge in [-0.25, -0.2) is 14.4 Å². The molecule has 6 rings (SSSR count). The van der Waals surface area contributed by atoms with Crippen molar-refractivity contribution in [3.8, 4) is 11.5 Å². The predicted molar refractivity (Wildman–Crippen MR) is 153 cm³/mol. The van der Waals surface area contributed by atoms with Crippen molar-refractivity contribution in [2.75, 3.05) is 11.1 Å². The Morgan fingerprint density at radius 3 is 2.61 bits per heavy atom. The van der Waals surface area contributed by atoms with E-state index in [4.69, 9.17) is 27.5 Å². The number of nitrogen functional groups attached to an aromatic ring is 1. The van der Waals surface area contributed by atoms with Crippen LogP contribution in [0.2, 0.25) is 5.02 Å². The van der Waals surface area contributed by atoms with E-state index < -0.39 is 11.4 Å². The SMILES string of the molecule is C[C@]1(c2ccc(CCC(=O)O)cc2)C(=O)Nc2nc(-c3nn(Cc4cccc(F)c4)c4cc(Cl)ccc34)nc(N)c21. The summed E-state index contributed by atoms with van der Waals surface area (Å²) in [6, 6.07) is 18.8. The number of nitrogens with one attached hydrogen (secondary N) is 1. The fourth-order valence-electron chi connectivity index (χ4n) is 5.29. The Balaban J connectivity index is 1.41. The molecule has 0 unspecified atom stereocenters. The highest BCUT2D eigenvalue weighted by Crippen LogP contribution is 2.45. The minimum Gasteiger partial charge on any atom is -0.481 e. The van der Waals surface area contributed by atoms with Crippen LogP contribution >= 0.6 is 11.6 Å². The minimum atomic E-state index is -1.16. The number of hydrogen-bond acceptors (Lipinski definition) is 6. The van der Waals surface area contributed by atoms with E-state index in [-0.39, 0.29) is 42.2 Å². The lowest BCUT2D eigenvalue weighted by molar-refractivity contribution is -0.137. The van der Waals surface area contributed by atoms with E-state index >= 15 is 0 Å². The summed E-state index contributed by atoms with van der Waals surface area (Å²) in [5, 5.41) is 17.8. The number of hydrogen-bond donors (Lipinski definition) is 3. The average Bonchev–Trinajstić information content (AvgIpc) is 3.42. The fraction of sp³-hybridized carbons (Fsp3) is 0.167. The standard InChI is InChI=1S/C30H24ClFN6O3/c1-30(18-8-5-16(6-9-18)7-12-23(39)40)24-26(33)34-28(35-27(24)36-29(30)41)25-21-11-10-19(31)14-22(21)38(37-25)15-17-3-2-4-20(32)13-17/h2-6,8-11,13-14H,7,12,15H2,1H3,(H,39,40)(H3,33,34,35,36,41)/t30-/m1/s1. The van der Waals surface area contributed by atoms with Crippen molar-refractivity contribution in [3.05, 3.63) is 99.8 Å². The molecule has 0 fully saturated rings. The first-order valence-corrected chi connectivity index (χ1v) is 13.2. The van der Waals surface area contributed by atoms with E-state index in [1.807, 2.05) is 18.2 Å². The number of halogens is 2. The van der Waals surface area contributed by atoms with Crippen molar-refractivity contribution < 1.29 is 19.1 Å². The molecule has 0 spiro atoms. The molecular formula is C30H24ClFN6O3. The first-order chi connectivity index (χ1) is 19.6. The molecule has 11 heteroatoms. The minimum absolute atomic E-state index is 0.0163. The van der Waals surface area contributed by atoms with Crippen molar-refractivity contribution in [2.45, 2.75) is 31.7 Å². The van der Waals surface area contributed by atoms with E-state index in [0.29, 0.717) is 44.7 Å². The van der Waals surface area contributed by atoms with Crippen LogP contribution < -0.4 is 11.1 Å². The third-order valence-electron chi connectivity index (χ3n) is 7.43. The zero-order valence-electron chi connectivity index (χ0n) is 21.9. The number of aliphatic carboxylic acids is 1. The first-order valence-electron chi connectivity index (χ1n) is 12.8. The summed E-state index contributed by atoms with van der Waals surface area (Å²) in [4.78, 5) is 33.5. The summed E-state index contributed by atoms with van der Waals surface area (Å²) >= 11 is 6.30. The van der Waals surface area contributed by atoms with E-state index in [1.165, 1.54) is 12.1 Å². The number of amides is 1. The average molecular weight is 571 g/mol. The maximum Gasteiger partial charge on any atom is 0.303 e. The molecule has 2 aromatic heterocycles. The van der Waals surface area contributed by atoms with Crippen LogP contribution in [0.1, 0.15) is 35.6 Å². The van der Waals surface area contributed by atoms with Gasteiger partial charge in [0.15, 0.2) is 5.82 Å². The monoisotopic (exact) mass is 570 g/mol. The smallest absolute Gasteiger partial charge is 0.303 e. The van der Waals surface area contributed by atoms with Crippen molar-refractivity contribution >= 4 is 46.0 Å². The van der Waals surface area contributed by atoms with Gasteiger partial charge in [0.05, 0.1) is 17.6 Å². The molecule has 1 amide bonds. The number of carbonyl (C=O) groups is 2. The molecule has 41 heavy (non-hydrogen) atoms. The van der Waals surface area contributed by atoms with E-state index in [0.717, 1.165) is 5.56 Å². The molecule has 0 saturated carbocycles. The van der Waals surface area contributed by atoms with Crippen LogP contribution in [0.4, 0.5) is 16.0 Å². The second-order valence-corrected chi connectivity index (χ2v) is 10.6. The van der Waals surface area contributed by atoms with Crippen molar-refractivity contribution in [1.82, 2.24) is 19.7 Å². The second-order valence-electron chi connectivity index (χ2n) is 10.1. The Hall–Kier alpha value is -4.83. The number of benzene rings is 3. The highest BCUT2D eigenvalue weighted by atomic mass is 35.5. The largest absolute Gasteiger partial charge is 0.481 e. The lowest BCUT2D eigenvalue weighted by Gasteiger charge is -2.23. The third-order valence-corrected chi connectivity index (χ3v) is 7.66. The molecule has 0 radical (unpaired) electrons. The highest BCUT2D eigenvalue weighted by Gasteiger charge is 2.47. The summed E-state index contributed by atoms with van der Waals surface area (Å²) < 4.78 is 15.6. The molecule has 3 aromatic carbocycles. The van der Waals surface area contributed by atoms with Crippen LogP contribution in [-0.4, -0.2) is 36.7 Å². The molecule has 1 aliphatic rings. The van der Waals surface area contributed by atoms with Gasteiger partial charge in [0.2, 0.25) is 5.91 Å². The first kappa shape index (κ1) is 26.4. The number of fused-ring (bicyclic) bond motifs is 2. The molecular weight excluding hydrogens is 547 g/mol. The Morgan fingerprint density at radius 2 is 1.88 bits per heavy atom. The number of anilines is 2. The number of rotatable bonds is 7. The molecule has 4 N–H and O–H groups in total. The number of carboxylic acids is 1. The normalized spacial score (nSPS) is 16.1. The van der Waals surface area contributed by atoms with E-state index in [2.05, 4.69) is 15.3 Å². The van der Waals surface area contributed by atoms with Gasteiger partial charge in [-0.3, -0.25) is 14.3 Å². The van der Waals surface area contributed by atoms with Gasteiger partial charge in [-0.2, -0.15) is 5.10 Å². The molecule has 0 aliphatic carbocycles. The van der Waals surface area contributed by atoms with Crippen molar-refractivity contribution in [3.63, 3.8) is 0 Å². The zero-order chi connectivity index (χ0) is 28.9. The predicted octanol–water partition coefficient (Wildman–Crippen LogP) is 5.19. The Bertz CT molecular complexity index is 1860. The molecule has 0 saturated heterocycles. The molecule has 1 aliphatic heterocycles. The number of carboxylic acid groups (broad SMARTS) is 1. The van der Waals surface area contributed by atoms with Gasteiger partial charge < -0.3 is 16.2 Å². The van der Waals surface area contributed by atoms with Gasteiger partial charge in [-0.1, -0.05) is 48.0 Å². The topological polar surface area (TPSA) is 136 Å². The van der Waals surface area contributed by atoms with Crippen LogP contribution in [0.25, 0.3) is 22.4 Å². The van der Waals surface area contributed by atoms with Crippen LogP contribution in [0.3, 0.4) is 0 Å². The van der Waals surface area contributed by atoms with Gasteiger partial charge in [0.1, 0.15) is 28.6 Å². The number of nitrogens with zero attached hydrogens (tertiary/aromatic N) is 4. The maximum absolute atomic E-state index is 13.8. The maximum atomic E-state index is 13.8. The van der Waals surface area contributed by atoms with E-state index in [1.54, 1.807) is 48.0 Å². The van der Waals surface area contributed by atoms with Crippen LogP contribution in [0.5, 0.6) is 0 Å². The lowest BCUT2D eigenvalue weighted by atomic mass is 9.77. The zero-order valence-corrected chi connectivity index (χ0v) is 22.6. The summed E-state index contributed by atoms with van der Waals surface area (Å²) in [6.07, 6.45) is 0.400. The molecule has 0 bridgehead atoms. The van der Waals surface area contributed by atoms with Crippen LogP contribution in [0.15, 0.2) is 66.7 Å². The molecule has 9 nitrogen and oxygen atoms in total. The second kappa shape index (κ2) is 9.97. The summed E-state index contributed by atoms with van der Waals surface area (Å²) in [6.45, 7) is 2.04. The molecule has 3 heterocycles. The number of nitrogens with two attached hydrogens (primary N) is 1. The highest BCUT2D eigenvalue weighted by molar-refractivity contribution is 6.31. The van der Waals surface area contributed by atoms with Crippen LogP contribution in [-0.2, 0) is 28.0 Å². The molecule has 1 atom stereocenters. The van der Waals surface area contributed by atoms with Crippen molar-refractivity contribution in [1.29, 1.82) is 0 Å². The van der Waals surface area contributed by atoms with Crippen molar-refractivity contribution in [2.24, 2.45) is 0 Å². The molecule has 206 valence electrons. The van der Waals surface area contributed by atoms with Gasteiger partial charge in [0.25, 0.3) is 0 Å². The number of carbonyl (C=O) groups excluding carboxylic acids is 1. The Kier molecular flexibility index (Phi) is 6.42. The van der Waals surface area contributed by atoms with E-state index in [9.17, 15) is 14.0 Å².